The fourth-order valence-electron chi connectivity index (χ4n) is 3.55. The molecule has 0 fully saturated rings. The standard InChI is InChI=1S/C21H23BFN3O/c1-20(2,23)14-10-8-13(9-11-14)17-18(27)26(4)19(24)25-21(17,3)15-6-5-7-16(22)12-15/h5-12,17H,1-4H3,(H2,24,25)/t17?,21-/m1/s1. The van der Waals surface area contributed by atoms with E-state index in [1.54, 1.807) is 43.4 Å². The van der Waals surface area contributed by atoms with Crippen molar-refractivity contribution >= 4 is 25.2 Å². The molecule has 6 heteroatoms. The molecule has 0 bridgehead atoms. The van der Waals surface area contributed by atoms with Crippen molar-refractivity contribution in [3.05, 3.63) is 65.2 Å². The largest absolute Gasteiger partial charge is 0.369 e. The van der Waals surface area contributed by atoms with Crippen molar-refractivity contribution in [2.45, 2.75) is 37.9 Å². The first-order valence-corrected chi connectivity index (χ1v) is 8.82. The molecule has 2 atom stereocenters. The summed E-state index contributed by atoms with van der Waals surface area (Å²) in [4.78, 5) is 19.2. The molecule has 0 aliphatic carbocycles. The highest BCUT2D eigenvalue weighted by Crippen LogP contribution is 2.43. The molecule has 2 aromatic carbocycles. The molecule has 0 saturated heterocycles. The van der Waals surface area contributed by atoms with Crippen LogP contribution >= 0.6 is 0 Å². The van der Waals surface area contributed by atoms with E-state index in [4.69, 9.17) is 13.6 Å². The Labute approximate surface area is 160 Å². The lowest BCUT2D eigenvalue weighted by atomic mass is 9.73. The summed E-state index contributed by atoms with van der Waals surface area (Å²) < 4.78 is 14.2. The number of alkyl halides is 1. The minimum Gasteiger partial charge on any atom is -0.369 e. The zero-order valence-electron chi connectivity index (χ0n) is 16.0. The van der Waals surface area contributed by atoms with Crippen molar-refractivity contribution in [1.29, 1.82) is 0 Å². The van der Waals surface area contributed by atoms with E-state index in [0.717, 1.165) is 11.1 Å². The SMILES string of the molecule is [B]c1cccc([C@@]2(C)N=C(N)N(C)C(=O)C2c2ccc(C(C)(C)F)cc2)c1. The van der Waals surface area contributed by atoms with Crippen LogP contribution in [0.15, 0.2) is 53.5 Å². The van der Waals surface area contributed by atoms with Gasteiger partial charge in [0.2, 0.25) is 5.91 Å². The molecule has 0 saturated carbocycles. The normalized spacial score (nSPS) is 23.3. The van der Waals surface area contributed by atoms with E-state index in [9.17, 15) is 9.18 Å². The third-order valence-corrected chi connectivity index (χ3v) is 5.23. The summed E-state index contributed by atoms with van der Waals surface area (Å²) in [6.07, 6.45) is 0. The van der Waals surface area contributed by atoms with Crippen molar-refractivity contribution in [1.82, 2.24) is 4.90 Å². The van der Waals surface area contributed by atoms with Crippen LogP contribution in [0.2, 0.25) is 0 Å². The molecule has 0 aromatic heterocycles. The molecule has 1 amide bonds. The maximum Gasteiger partial charge on any atom is 0.239 e. The second-order valence-corrected chi connectivity index (χ2v) is 7.67. The van der Waals surface area contributed by atoms with Gasteiger partial charge in [-0.05, 0) is 37.5 Å². The summed E-state index contributed by atoms with van der Waals surface area (Å²) in [6, 6.07) is 14.3. The van der Waals surface area contributed by atoms with Gasteiger partial charge >= 0.3 is 0 Å². The lowest BCUT2D eigenvalue weighted by Gasteiger charge is -2.41. The third kappa shape index (κ3) is 3.36. The van der Waals surface area contributed by atoms with Gasteiger partial charge in [-0.1, -0.05) is 54.0 Å². The van der Waals surface area contributed by atoms with Crippen molar-refractivity contribution in [2.75, 3.05) is 7.05 Å². The number of nitrogens with zero attached hydrogens (tertiary/aromatic N) is 2. The summed E-state index contributed by atoms with van der Waals surface area (Å²) in [7, 11) is 7.56. The average molecular weight is 363 g/mol. The molecule has 1 aliphatic heterocycles. The molecule has 1 aliphatic rings. The molecular weight excluding hydrogens is 340 g/mol. The number of carbonyl (C=O) groups excluding carboxylic acids is 1. The number of likely N-dealkylation sites (N-methyl/N-ethyl adjacent to an activating group) is 1. The molecule has 2 aromatic rings. The van der Waals surface area contributed by atoms with Gasteiger partial charge in [0.15, 0.2) is 5.96 Å². The average Bonchev–Trinajstić information content (AvgIpc) is 2.59. The van der Waals surface area contributed by atoms with E-state index >= 15 is 0 Å². The third-order valence-electron chi connectivity index (χ3n) is 5.23. The van der Waals surface area contributed by atoms with Crippen molar-refractivity contribution in [2.24, 2.45) is 10.7 Å². The molecule has 1 heterocycles. The first-order chi connectivity index (χ1) is 12.5. The van der Waals surface area contributed by atoms with Gasteiger partial charge in [0.25, 0.3) is 0 Å². The Balaban J connectivity index is 2.16. The molecule has 4 nitrogen and oxygen atoms in total. The van der Waals surface area contributed by atoms with Crippen LogP contribution in [0.4, 0.5) is 4.39 Å². The first kappa shape index (κ1) is 19.1. The minimum absolute atomic E-state index is 0.155. The van der Waals surface area contributed by atoms with Crippen LogP contribution in [0.25, 0.3) is 0 Å². The van der Waals surface area contributed by atoms with Crippen LogP contribution < -0.4 is 11.2 Å². The number of carbonyl (C=O) groups is 1. The molecule has 138 valence electrons. The lowest BCUT2D eigenvalue weighted by molar-refractivity contribution is -0.130. The Bertz CT molecular complexity index is 904. The molecule has 2 radical (unpaired) electrons. The Morgan fingerprint density at radius 3 is 2.41 bits per heavy atom. The molecule has 3 rings (SSSR count). The van der Waals surface area contributed by atoms with Gasteiger partial charge in [0.1, 0.15) is 19.1 Å². The highest BCUT2D eigenvalue weighted by atomic mass is 19.1. The Morgan fingerprint density at radius 1 is 1.22 bits per heavy atom. The highest BCUT2D eigenvalue weighted by molar-refractivity contribution is 6.32. The Kier molecular flexibility index (Phi) is 4.62. The molecule has 2 N–H and O–H groups in total. The molecule has 27 heavy (non-hydrogen) atoms. The predicted octanol–water partition coefficient (Wildman–Crippen LogP) is 2.47. The molecule has 0 spiro atoms. The van der Waals surface area contributed by atoms with Crippen LogP contribution in [0.3, 0.4) is 0 Å². The van der Waals surface area contributed by atoms with Crippen molar-refractivity contribution < 1.29 is 9.18 Å². The maximum absolute atomic E-state index is 14.2. The topological polar surface area (TPSA) is 58.7 Å². The summed E-state index contributed by atoms with van der Waals surface area (Å²) >= 11 is 0. The highest BCUT2D eigenvalue weighted by Gasteiger charge is 2.47. The Morgan fingerprint density at radius 2 is 1.85 bits per heavy atom. The number of rotatable bonds is 3. The quantitative estimate of drug-likeness (QED) is 0.852. The summed E-state index contributed by atoms with van der Waals surface area (Å²) in [5.74, 6) is -0.615. The smallest absolute Gasteiger partial charge is 0.239 e. The van der Waals surface area contributed by atoms with E-state index in [-0.39, 0.29) is 11.9 Å². The number of aliphatic imine (C=N–C) groups is 1. The molecular formula is C21H23BFN3O. The summed E-state index contributed by atoms with van der Waals surface area (Å²) in [6.45, 7) is 4.88. The summed E-state index contributed by atoms with van der Waals surface area (Å²) in [5, 5.41) is 0. The number of nitrogens with two attached hydrogens (primary N) is 1. The number of hydrogen-bond donors (Lipinski definition) is 1. The van der Waals surface area contributed by atoms with Crippen LogP contribution in [0.1, 0.15) is 43.4 Å². The van der Waals surface area contributed by atoms with E-state index in [2.05, 4.69) is 4.99 Å². The zero-order valence-corrected chi connectivity index (χ0v) is 16.0. The minimum atomic E-state index is -1.45. The fraction of sp³-hybridized carbons (Fsp3) is 0.333. The Hall–Kier alpha value is -2.63. The number of hydrogen-bond acceptors (Lipinski definition) is 3. The van der Waals surface area contributed by atoms with Gasteiger partial charge in [-0.15, -0.1) is 0 Å². The van der Waals surface area contributed by atoms with Crippen molar-refractivity contribution in [3.63, 3.8) is 0 Å². The number of guanidine groups is 1. The molecule has 1 unspecified atom stereocenters. The van der Waals surface area contributed by atoms with Crippen molar-refractivity contribution in [3.8, 4) is 0 Å². The van der Waals surface area contributed by atoms with Gasteiger partial charge in [-0.3, -0.25) is 9.69 Å². The predicted molar refractivity (Wildman–Crippen MR) is 107 cm³/mol. The lowest BCUT2D eigenvalue weighted by Crippen LogP contribution is -2.52. The monoisotopic (exact) mass is 363 g/mol. The zero-order chi connectivity index (χ0) is 20.0. The van der Waals surface area contributed by atoms with Gasteiger partial charge in [-0.2, -0.15) is 0 Å². The van der Waals surface area contributed by atoms with E-state index in [1.165, 1.54) is 18.7 Å². The van der Waals surface area contributed by atoms with E-state index in [1.807, 2.05) is 19.1 Å². The van der Waals surface area contributed by atoms with E-state index in [0.29, 0.717) is 11.0 Å². The van der Waals surface area contributed by atoms with Gasteiger partial charge in [0.05, 0.1) is 5.92 Å². The van der Waals surface area contributed by atoms with Crippen LogP contribution in [0, 0.1) is 0 Å². The van der Waals surface area contributed by atoms with Gasteiger partial charge in [-0.25, -0.2) is 9.38 Å². The van der Waals surface area contributed by atoms with Gasteiger partial charge < -0.3 is 5.73 Å². The summed E-state index contributed by atoms with van der Waals surface area (Å²) in [5.41, 5.74) is 6.33. The van der Waals surface area contributed by atoms with Crippen LogP contribution in [0.5, 0.6) is 0 Å². The second-order valence-electron chi connectivity index (χ2n) is 7.67. The second kappa shape index (κ2) is 6.52. The number of halogens is 1. The van der Waals surface area contributed by atoms with E-state index < -0.39 is 17.1 Å². The maximum atomic E-state index is 14.2. The number of benzene rings is 2. The van der Waals surface area contributed by atoms with Crippen LogP contribution in [-0.4, -0.2) is 31.7 Å². The fourth-order valence-corrected chi connectivity index (χ4v) is 3.55. The van der Waals surface area contributed by atoms with Gasteiger partial charge in [0, 0.05) is 7.05 Å². The van der Waals surface area contributed by atoms with Crippen LogP contribution in [-0.2, 0) is 16.0 Å². The first-order valence-electron chi connectivity index (χ1n) is 8.82. The number of amides is 1.